The molecule has 0 N–H and O–H groups in total. The number of hydrogen-bond donors (Lipinski definition) is 0. The highest BCUT2D eigenvalue weighted by atomic mass is 16.5. The molecule has 146 valence electrons. The van der Waals surface area contributed by atoms with E-state index in [9.17, 15) is 9.59 Å². The van der Waals surface area contributed by atoms with E-state index in [1.807, 2.05) is 26.0 Å². The number of allylic oxidation sites excluding steroid dienone is 2. The molecule has 4 bridgehead atoms. The molecule has 2 aromatic rings. The molecule has 4 heteroatoms. The number of hydrogen-bond acceptors (Lipinski definition) is 4. The lowest BCUT2D eigenvalue weighted by molar-refractivity contribution is 0.111. The van der Waals surface area contributed by atoms with Crippen LogP contribution in [0.25, 0.3) is 11.1 Å². The van der Waals surface area contributed by atoms with Crippen LogP contribution in [0, 0.1) is 0 Å². The highest BCUT2D eigenvalue weighted by molar-refractivity contribution is 5.96. The second kappa shape index (κ2) is 8.42. The van der Waals surface area contributed by atoms with Gasteiger partial charge in [0.2, 0.25) is 0 Å². The molecule has 0 unspecified atom stereocenters. The third kappa shape index (κ3) is 3.59. The standard InChI is InChI=1S/C24H26O4/c1-15-16(2)22-12-18(10-20(14-26)24(22)28-4)8-6-5-7-17-9-19(13-25)23(27-3)21(15)11-17/h9-14H,5-8H2,1-4H3/b16-15-. The first-order chi connectivity index (χ1) is 13.5. The number of benzene rings is 2. The van der Waals surface area contributed by atoms with Crippen LogP contribution in [0.1, 0.15) is 69.7 Å². The highest BCUT2D eigenvalue weighted by Gasteiger charge is 2.19. The number of carbonyl (C=O) groups excluding carboxylic acids is 2. The van der Waals surface area contributed by atoms with E-state index in [0.29, 0.717) is 22.6 Å². The van der Waals surface area contributed by atoms with E-state index in [1.165, 1.54) is 0 Å². The molecular weight excluding hydrogens is 352 g/mol. The van der Waals surface area contributed by atoms with Gasteiger partial charge < -0.3 is 9.47 Å². The normalized spacial score (nSPS) is 16.6. The van der Waals surface area contributed by atoms with Crippen molar-refractivity contribution in [3.8, 4) is 11.5 Å². The van der Waals surface area contributed by atoms with Gasteiger partial charge in [-0.1, -0.05) is 0 Å². The molecule has 0 radical (unpaired) electrons. The predicted octanol–water partition coefficient (Wildman–Crippen LogP) is 5.16. The van der Waals surface area contributed by atoms with E-state index in [-0.39, 0.29) is 0 Å². The molecule has 0 amide bonds. The zero-order valence-electron chi connectivity index (χ0n) is 16.9. The second-order valence-corrected chi connectivity index (χ2v) is 7.22. The van der Waals surface area contributed by atoms with Crippen molar-refractivity contribution in [3.63, 3.8) is 0 Å². The summed E-state index contributed by atoms with van der Waals surface area (Å²) in [5.74, 6) is 1.16. The monoisotopic (exact) mass is 378 g/mol. The fourth-order valence-corrected chi connectivity index (χ4v) is 3.97. The van der Waals surface area contributed by atoms with Crippen molar-refractivity contribution in [3.05, 3.63) is 57.6 Å². The van der Waals surface area contributed by atoms with Gasteiger partial charge in [0.15, 0.2) is 12.6 Å². The molecule has 0 saturated carbocycles. The van der Waals surface area contributed by atoms with Gasteiger partial charge in [-0.05, 0) is 86.1 Å². The summed E-state index contributed by atoms with van der Waals surface area (Å²) in [5.41, 5.74) is 7.19. The second-order valence-electron chi connectivity index (χ2n) is 7.22. The summed E-state index contributed by atoms with van der Waals surface area (Å²) in [7, 11) is 3.17. The van der Waals surface area contributed by atoms with Crippen molar-refractivity contribution in [1.29, 1.82) is 0 Å². The number of aryl methyl sites for hydroxylation is 2. The summed E-state index contributed by atoms with van der Waals surface area (Å²) in [5, 5.41) is 0. The van der Waals surface area contributed by atoms with Crippen molar-refractivity contribution < 1.29 is 19.1 Å². The van der Waals surface area contributed by atoms with Crippen LogP contribution in [-0.4, -0.2) is 26.8 Å². The summed E-state index contributed by atoms with van der Waals surface area (Å²) in [6, 6.07) is 8.08. The fourth-order valence-electron chi connectivity index (χ4n) is 3.97. The molecule has 2 aromatic carbocycles. The van der Waals surface area contributed by atoms with E-state index >= 15 is 0 Å². The van der Waals surface area contributed by atoms with Crippen LogP contribution in [0.4, 0.5) is 0 Å². The minimum absolute atomic E-state index is 0.563. The van der Waals surface area contributed by atoms with Gasteiger partial charge in [-0.3, -0.25) is 9.59 Å². The summed E-state index contributed by atoms with van der Waals surface area (Å²) < 4.78 is 11.2. The molecule has 0 saturated heterocycles. The Bertz CT molecular complexity index is 876. The maximum atomic E-state index is 11.7. The molecule has 1 aliphatic carbocycles. The van der Waals surface area contributed by atoms with Crippen LogP contribution in [0.3, 0.4) is 0 Å². The summed E-state index contributed by atoms with van der Waals surface area (Å²) in [4.78, 5) is 23.3. The van der Waals surface area contributed by atoms with E-state index < -0.39 is 0 Å². The molecule has 0 atom stereocenters. The molecule has 0 heterocycles. The van der Waals surface area contributed by atoms with Crippen molar-refractivity contribution in [2.24, 2.45) is 0 Å². The average molecular weight is 378 g/mol. The first-order valence-corrected chi connectivity index (χ1v) is 9.54. The van der Waals surface area contributed by atoms with Crippen LogP contribution in [-0.2, 0) is 12.8 Å². The van der Waals surface area contributed by atoms with Gasteiger partial charge in [0.1, 0.15) is 11.5 Å². The van der Waals surface area contributed by atoms with Crippen LogP contribution in [0.2, 0.25) is 0 Å². The maximum absolute atomic E-state index is 11.7. The quantitative estimate of drug-likeness (QED) is 0.690. The summed E-state index contributed by atoms with van der Waals surface area (Å²) in [6.07, 6.45) is 5.51. The van der Waals surface area contributed by atoms with Crippen LogP contribution in [0.5, 0.6) is 11.5 Å². The Balaban J connectivity index is 2.36. The molecule has 28 heavy (non-hydrogen) atoms. The zero-order valence-corrected chi connectivity index (χ0v) is 16.9. The van der Waals surface area contributed by atoms with Crippen LogP contribution >= 0.6 is 0 Å². The number of rotatable bonds is 4. The van der Waals surface area contributed by atoms with Gasteiger partial charge in [0.25, 0.3) is 0 Å². The Hall–Kier alpha value is -2.88. The molecule has 0 aliphatic heterocycles. The molecular formula is C24H26O4. The van der Waals surface area contributed by atoms with Gasteiger partial charge in [0, 0.05) is 11.1 Å². The number of fused-ring (bicyclic) bond motifs is 4. The molecule has 0 fully saturated rings. The first kappa shape index (κ1) is 19.9. The largest absolute Gasteiger partial charge is 0.495 e. The Morgan fingerprint density at radius 3 is 1.43 bits per heavy atom. The lowest BCUT2D eigenvalue weighted by Gasteiger charge is -2.20. The third-order valence-corrected chi connectivity index (χ3v) is 5.57. The number of aldehydes is 2. The van der Waals surface area contributed by atoms with Gasteiger partial charge in [-0.25, -0.2) is 0 Å². The van der Waals surface area contributed by atoms with E-state index in [0.717, 1.165) is 71.7 Å². The maximum Gasteiger partial charge on any atom is 0.153 e. The van der Waals surface area contributed by atoms with E-state index in [1.54, 1.807) is 14.2 Å². The number of methoxy groups -OCH3 is 2. The highest BCUT2D eigenvalue weighted by Crippen LogP contribution is 2.39. The smallest absolute Gasteiger partial charge is 0.153 e. The molecule has 0 spiro atoms. The first-order valence-electron chi connectivity index (χ1n) is 9.54. The van der Waals surface area contributed by atoms with Gasteiger partial charge in [-0.2, -0.15) is 0 Å². The van der Waals surface area contributed by atoms with Crippen molar-refractivity contribution in [2.45, 2.75) is 39.5 Å². The predicted molar refractivity (Wildman–Crippen MR) is 112 cm³/mol. The van der Waals surface area contributed by atoms with Crippen molar-refractivity contribution in [1.82, 2.24) is 0 Å². The Labute approximate surface area is 166 Å². The Morgan fingerprint density at radius 1 is 0.714 bits per heavy atom. The molecule has 1 aliphatic rings. The molecule has 3 rings (SSSR count). The van der Waals surface area contributed by atoms with Crippen LogP contribution in [0.15, 0.2) is 24.3 Å². The number of carbonyl (C=O) groups is 2. The SMILES string of the molecule is COc1c(C=O)cc2cc1/C(C)=C(/C)c1cc(cc(C=O)c1OC)CCCC2. The Kier molecular flexibility index (Phi) is 5.98. The van der Waals surface area contributed by atoms with E-state index in [4.69, 9.17) is 9.47 Å². The third-order valence-electron chi connectivity index (χ3n) is 5.57. The van der Waals surface area contributed by atoms with Gasteiger partial charge in [-0.15, -0.1) is 0 Å². The fraction of sp³-hybridized carbons (Fsp3) is 0.333. The average Bonchev–Trinajstić information content (AvgIpc) is 2.73. The van der Waals surface area contributed by atoms with Gasteiger partial charge >= 0.3 is 0 Å². The molecule has 4 nitrogen and oxygen atoms in total. The lowest BCUT2D eigenvalue weighted by atomic mass is 9.89. The van der Waals surface area contributed by atoms with E-state index in [2.05, 4.69) is 12.1 Å². The van der Waals surface area contributed by atoms with Gasteiger partial charge in [0.05, 0.1) is 25.3 Å². The topological polar surface area (TPSA) is 52.6 Å². The zero-order chi connectivity index (χ0) is 20.3. The summed E-state index contributed by atoms with van der Waals surface area (Å²) in [6.45, 7) is 4.04. The minimum atomic E-state index is 0.563. The van der Waals surface area contributed by atoms with Crippen LogP contribution < -0.4 is 9.47 Å². The Morgan fingerprint density at radius 2 is 1.11 bits per heavy atom. The molecule has 0 aromatic heterocycles. The minimum Gasteiger partial charge on any atom is -0.495 e. The number of ether oxygens (including phenoxy) is 2. The lowest BCUT2D eigenvalue weighted by Crippen LogP contribution is -2.03. The van der Waals surface area contributed by atoms with Crippen molar-refractivity contribution in [2.75, 3.05) is 14.2 Å². The summed E-state index contributed by atoms with van der Waals surface area (Å²) >= 11 is 0. The van der Waals surface area contributed by atoms with Crippen molar-refractivity contribution >= 4 is 23.7 Å².